The Bertz CT molecular complexity index is 538. The minimum Gasteiger partial charge on any atom is -0.0654 e. The molecule has 0 aromatic rings. The number of unbranched alkanes of at least 4 members (excludes halogenated alkanes) is 36. The van der Waals surface area contributed by atoms with E-state index in [-0.39, 0.29) is 0 Å². The SMILES string of the molecule is CCCCCCCCCCCC[O][Ti]([O]CCCCCCCCCCCC)([O]CCCCCCCCCCCC)[O]CCCCCCCCCCCC. The maximum absolute atomic E-state index is 6.70. The Balaban J connectivity index is 4.89. The monoisotopic (exact) mass is 789 g/mol. The fourth-order valence-corrected chi connectivity index (χ4v) is 10.6. The molecular formula is C48H100O4Ti. The molecule has 0 aliphatic carbocycles. The van der Waals surface area contributed by atoms with Crippen molar-refractivity contribution in [1.82, 2.24) is 0 Å². The van der Waals surface area contributed by atoms with Gasteiger partial charge in [-0.3, -0.25) is 0 Å². The summed E-state index contributed by atoms with van der Waals surface area (Å²) >= 11 is -3.81. The standard InChI is InChI=1S/4C12H25O.Ti/c4*1-2-3-4-5-6-7-8-9-10-11-12-13;/h4*2-12H2,1H3;/q4*-1;+4. The zero-order valence-corrected chi connectivity index (χ0v) is 38.8. The molecule has 0 saturated heterocycles. The van der Waals surface area contributed by atoms with Crippen molar-refractivity contribution in [3.63, 3.8) is 0 Å². The Morgan fingerprint density at radius 3 is 0.472 bits per heavy atom. The van der Waals surface area contributed by atoms with E-state index in [1.54, 1.807) is 0 Å². The molecule has 53 heavy (non-hydrogen) atoms. The van der Waals surface area contributed by atoms with Crippen LogP contribution in [0.5, 0.6) is 0 Å². The Hall–Kier alpha value is 0.554. The minimum atomic E-state index is -3.81. The summed E-state index contributed by atoms with van der Waals surface area (Å²) in [6.07, 6.45) is 53.4. The van der Waals surface area contributed by atoms with Crippen molar-refractivity contribution in [1.29, 1.82) is 0 Å². The molecule has 0 aliphatic rings. The number of hydrogen-bond acceptors (Lipinski definition) is 4. The molecule has 0 bridgehead atoms. The van der Waals surface area contributed by atoms with Crippen LogP contribution in [-0.4, -0.2) is 26.4 Å². The second-order valence-corrected chi connectivity index (χ2v) is 20.0. The molecule has 0 N–H and O–H groups in total. The van der Waals surface area contributed by atoms with E-state index in [0.717, 1.165) is 52.1 Å². The smallest absolute Gasteiger partial charge is 0.0654 e. The summed E-state index contributed by atoms with van der Waals surface area (Å²) < 4.78 is 26.8. The van der Waals surface area contributed by atoms with Gasteiger partial charge in [0.2, 0.25) is 0 Å². The Morgan fingerprint density at radius 1 is 0.189 bits per heavy atom. The number of rotatable bonds is 48. The Labute approximate surface area is 340 Å². The summed E-state index contributed by atoms with van der Waals surface area (Å²) in [4.78, 5) is 0. The van der Waals surface area contributed by atoms with Crippen LogP contribution >= 0.6 is 0 Å². The third-order valence-electron chi connectivity index (χ3n) is 11.1. The van der Waals surface area contributed by atoms with E-state index < -0.39 is 18.1 Å². The summed E-state index contributed by atoms with van der Waals surface area (Å²) in [6.45, 7) is 12.1. The first-order valence-corrected chi connectivity index (χ1v) is 27.3. The van der Waals surface area contributed by atoms with Gasteiger partial charge in [-0.15, -0.1) is 0 Å². The maximum atomic E-state index is 6.70. The van der Waals surface area contributed by atoms with Gasteiger partial charge in [0.15, 0.2) is 0 Å². The van der Waals surface area contributed by atoms with Crippen LogP contribution in [0.3, 0.4) is 0 Å². The minimum absolute atomic E-state index is 0.727. The van der Waals surface area contributed by atoms with Crippen molar-refractivity contribution < 1.29 is 31.4 Å². The van der Waals surface area contributed by atoms with Gasteiger partial charge in [-0.25, -0.2) is 0 Å². The predicted octanol–water partition coefficient (Wildman–Crippen LogP) is 17.6. The van der Waals surface area contributed by atoms with Gasteiger partial charge in [0.25, 0.3) is 0 Å². The van der Waals surface area contributed by atoms with Gasteiger partial charge >= 0.3 is 315 Å². The molecule has 0 spiro atoms. The molecule has 0 radical (unpaired) electrons. The summed E-state index contributed by atoms with van der Waals surface area (Å²) in [6, 6.07) is 0. The van der Waals surface area contributed by atoms with Crippen molar-refractivity contribution in [3.05, 3.63) is 0 Å². The van der Waals surface area contributed by atoms with Crippen molar-refractivity contribution in [3.8, 4) is 0 Å². The van der Waals surface area contributed by atoms with Crippen molar-refractivity contribution >= 4 is 0 Å². The van der Waals surface area contributed by atoms with E-state index in [1.165, 1.54) is 231 Å². The van der Waals surface area contributed by atoms with Gasteiger partial charge in [0, 0.05) is 0 Å². The van der Waals surface area contributed by atoms with Crippen LogP contribution in [0.4, 0.5) is 0 Å². The second-order valence-electron chi connectivity index (χ2n) is 16.6. The molecule has 0 aromatic heterocycles. The summed E-state index contributed by atoms with van der Waals surface area (Å²) in [5.41, 5.74) is 0. The van der Waals surface area contributed by atoms with Crippen LogP contribution in [0.1, 0.15) is 285 Å². The van der Waals surface area contributed by atoms with E-state index >= 15 is 0 Å². The van der Waals surface area contributed by atoms with Gasteiger partial charge in [-0.2, -0.15) is 0 Å². The fraction of sp³-hybridized carbons (Fsp3) is 1.00. The van der Waals surface area contributed by atoms with Crippen molar-refractivity contribution in [2.24, 2.45) is 0 Å². The summed E-state index contributed by atoms with van der Waals surface area (Å²) in [5.74, 6) is 0. The van der Waals surface area contributed by atoms with E-state index in [9.17, 15) is 0 Å². The molecule has 0 fully saturated rings. The number of hydrogen-bond donors (Lipinski definition) is 0. The third kappa shape index (κ3) is 42.0. The van der Waals surface area contributed by atoms with Crippen molar-refractivity contribution in [2.45, 2.75) is 285 Å². The molecule has 5 heteroatoms. The molecule has 0 amide bonds. The average molecular weight is 789 g/mol. The van der Waals surface area contributed by atoms with Crippen molar-refractivity contribution in [2.75, 3.05) is 26.4 Å². The molecule has 0 aromatic carbocycles. The first-order valence-electron chi connectivity index (χ1n) is 24.8. The summed E-state index contributed by atoms with van der Waals surface area (Å²) in [7, 11) is 0. The van der Waals surface area contributed by atoms with Gasteiger partial charge in [0.1, 0.15) is 0 Å². The van der Waals surface area contributed by atoms with E-state index in [0.29, 0.717) is 0 Å². The molecule has 0 rings (SSSR count). The molecule has 4 nitrogen and oxygen atoms in total. The van der Waals surface area contributed by atoms with Crippen LogP contribution in [0.2, 0.25) is 0 Å². The van der Waals surface area contributed by atoms with Crippen LogP contribution in [0.25, 0.3) is 0 Å². The van der Waals surface area contributed by atoms with Crippen LogP contribution in [-0.2, 0) is 31.4 Å². The topological polar surface area (TPSA) is 36.9 Å². The zero-order valence-electron chi connectivity index (χ0n) is 37.2. The molecular weight excluding hydrogens is 688 g/mol. The Kier molecular flexibility index (Phi) is 47.4. The van der Waals surface area contributed by atoms with E-state index in [2.05, 4.69) is 27.7 Å². The molecule has 320 valence electrons. The van der Waals surface area contributed by atoms with Gasteiger partial charge in [0.05, 0.1) is 0 Å². The molecule has 0 saturated carbocycles. The average Bonchev–Trinajstić information content (AvgIpc) is 3.17. The molecule has 0 unspecified atom stereocenters. The zero-order chi connectivity index (χ0) is 38.4. The molecule has 0 atom stereocenters. The molecule has 0 aliphatic heterocycles. The second kappa shape index (κ2) is 46.9. The fourth-order valence-electron chi connectivity index (χ4n) is 7.40. The van der Waals surface area contributed by atoms with Crippen LogP contribution in [0, 0.1) is 0 Å². The van der Waals surface area contributed by atoms with Crippen LogP contribution < -0.4 is 0 Å². The Morgan fingerprint density at radius 2 is 0.321 bits per heavy atom. The van der Waals surface area contributed by atoms with E-state index in [1.807, 2.05) is 0 Å². The van der Waals surface area contributed by atoms with Gasteiger partial charge < -0.3 is 0 Å². The van der Waals surface area contributed by atoms with E-state index in [4.69, 9.17) is 13.3 Å². The quantitative estimate of drug-likeness (QED) is 0.0455. The first kappa shape index (κ1) is 53.6. The molecule has 0 heterocycles. The van der Waals surface area contributed by atoms with Gasteiger partial charge in [-0.05, 0) is 0 Å². The van der Waals surface area contributed by atoms with Crippen LogP contribution in [0.15, 0.2) is 0 Å². The predicted molar refractivity (Wildman–Crippen MR) is 231 cm³/mol. The third-order valence-corrected chi connectivity index (χ3v) is 14.6. The van der Waals surface area contributed by atoms with Gasteiger partial charge in [-0.1, -0.05) is 27.7 Å². The normalized spacial score (nSPS) is 12.0. The summed E-state index contributed by atoms with van der Waals surface area (Å²) in [5, 5.41) is 0. The first-order chi connectivity index (χ1) is 26.2.